The molecule has 0 aliphatic heterocycles. The Balaban J connectivity index is 2.37. The van der Waals surface area contributed by atoms with Gasteiger partial charge in [0, 0.05) is 6.54 Å². The van der Waals surface area contributed by atoms with Crippen molar-refractivity contribution in [2.75, 3.05) is 12.8 Å². The standard InChI is InChI=1S/C17H16FN5O4/c1-3-22-7-21-11-4-8(5-12(27-2)16(11)22)9-6-10(18)13(17(20)24)14(19)15(9)23(25)26/h4-7H,3,19H2,1-2H3,(H2,20,24). The number of primary amides is 1. The number of nitrogens with zero attached hydrogens (tertiary/aromatic N) is 3. The van der Waals surface area contributed by atoms with Crippen molar-refractivity contribution in [2.45, 2.75) is 13.5 Å². The molecule has 4 N–H and O–H groups in total. The van der Waals surface area contributed by atoms with E-state index in [9.17, 15) is 19.3 Å². The van der Waals surface area contributed by atoms with Crippen LogP contribution in [0.4, 0.5) is 15.8 Å². The average molecular weight is 373 g/mol. The molecule has 10 heteroatoms. The molecule has 3 rings (SSSR count). The third-order valence-electron chi connectivity index (χ3n) is 4.27. The van der Waals surface area contributed by atoms with E-state index in [0.29, 0.717) is 23.3 Å². The number of nitrogens with two attached hydrogens (primary N) is 2. The van der Waals surface area contributed by atoms with Gasteiger partial charge >= 0.3 is 5.69 Å². The van der Waals surface area contributed by atoms with Crippen molar-refractivity contribution in [2.24, 2.45) is 5.73 Å². The normalized spacial score (nSPS) is 10.9. The number of ether oxygens (including phenoxy) is 1. The number of hydrogen-bond donors (Lipinski definition) is 2. The molecule has 0 aliphatic carbocycles. The lowest BCUT2D eigenvalue weighted by molar-refractivity contribution is -0.383. The number of rotatable bonds is 5. The minimum Gasteiger partial charge on any atom is -0.494 e. The van der Waals surface area contributed by atoms with Crippen LogP contribution in [-0.4, -0.2) is 27.5 Å². The van der Waals surface area contributed by atoms with E-state index >= 15 is 0 Å². The summed E-state index contributed by atoms with van der Waals surface area (Å²) in [7, 11) is 1.45. The van der Waals surface area contributed by atoms with Crippen LogP contribution in [0.5, 0.6) is 5.75 Å². The van der Waals surface area contributed by atoms with Crippen molar-refractivity contribution in [1.82, 2.24) is 9.55 Å². The second-order valence-electron chi connectivity index (χ2n) is 5.74. The molecule has 0 saturated carbocycles. The summed E-state index contributed by atoms with van der Waals surface area (Å²) >= 11 is 0. The smallest absolute Gasteiger partial charge is 0.300 e. The Morgan fingerprint density at radius 2 is 2.11 bits per heavy atom. The van der Waals surface area contributed by atoms with E-state index in [1.807, 2.05) is 11.5 Å². The van der Waals surface area contributed by atoms with Crippen LogP contribution in [0.3, 0.4) is 0 Å². The molecule has 0 spiro atoms. The van der Waals surface area contributed by atoms with Gasteiger partial charge in [0.25, 0.3) is 5.91 Å². The predicted molar refractivity (Wildman–Crippen MR) is 96.9 cm³/mol. The van der Waals surface area contributed by atoms with Gasteiger partial charge in [-0.15, -0.1) is 0 Å². The lowest BCUT2D eigenvalue weighted by Gasteiger charge is -2.12. The molecular weight excluding hydrogens is 357 g/mol. The maximum atomic E-state index is 14.4. The van der Waals surface area contributed by atoms with Crippen molar-refractivity contribution in [3.05, 3.63) is 46.0 Å². The molecule has 0 unspecified atom stereocenters. The van der Waals surface area contributed by atoms with Gasteiger partial charge in [-0.25, -0.2) is 9.37 Å². The van der Waals surface area contributed by atoms with Gasteiger partial charge in [0.05, 0.1) is 29.4 Å². The zero-order valence-corrected chi connectivity index (χ0v) is 14.5. The fraction of sp³-hybridized carbons (Fsp3) is 0.176. The number of benzene rings is 2. The summed E-state index contributed by atoms with van der Waals surface area (Å²) in [5.74, 6) is -1.82. The van der Waals surface area contributed by atoms with Crippen LogP contribution in [0.15, 0.2) is 24.5 Å². The first-order valence-corrected chi connectivity index (χ1v) is 7.89. The molecule has 0 bridgehead atoms. The van der Waals surface area contributed by atoms with E-state index in [4.69, 9.17) is 16.2 Å². The van der Waals surface area contributed by atoms with Gasteiger partial charge < -0.3 is 20.8 Å². The Labute approximate surface area is 152 Å². The first-order valence-electron chi connectivity index (χ1n) is 7.89. The van der Waals surface area contributed by atoms with Gasteiger partial charge in [0.2, 0.25) is 0 Å². The lowest BCUT2D eigenvalue weighted by Crippen LogP contribution is -2.17. The van der Waals surface area contributed by atoms with E-state index in [0.717, 1.165) is 6.07 Å². The molecule has 1 amide bonds. The van der Waals surface area contributed by atoms with Gasteiger partial charge in [-0.2, -0.15) is 0 Å². The van der Waals surface area contributed by atoms with Crippen molar-refractivity contribution in [3.8, 4) is 16.9 Å². The lowest BCUT2D eigenvalue weighted by atomic mass is 9.98. The molecule has 27 heavy (non-hydrogen) atoms. The number of aryl methyl sites for hydroxylation is 1. The predicted octanol–water partition coefficient (Wildman–Crippen LogP) is 2.46. The Morgan fingerprint density at radius 1 is 1.41 bits per heavy atom. The van der Waals surface area contributed by atoms with Gasteiger partial charge in [0.15, 0.2) is 0 Å². The molecular formula is C17H16FN5O4. The Kier molecular flexibility index (Phi) is 4.40. The second kappa shape index (κ2) is 6.56. The number of hydrogen-bond acceptors (Lipinski definition) is 6. The van der Waals surface area contributed by atoms with E-state index in [1.54, 1.807) is 12.4 Å². The highest BCUT2D eigenvalue weighted by Crippen LogP contribution is 2.41. The molecule has 2 aromatic carbocycles. The highest BCUT2D eigenvalue weighted by atomic mass is 19.1. The number of anilines is 1. The average Bonchev–Trinajstić information content (AvgIpc) is 3.02. The van der Waals surface area contributed by atoms with Crippen LogP contribution in [0, 0.1) is 15.9 Å². The van der Waals surface area contributed by atoms with Gasteiger partial charge in [-0.1, -0.05) is 0 Å². The van der Waals surface area contributed by atoms with Gasteiger partial charge in [0.1, 0.15) is 28.3 Å². The summed E-state index contributed by atoms with van der Waals surface area (Å²) in [6.07, 6.45) is 1.61. The number of fused-ring (bicyclic) bond motifs is 1. The summed E-state index contributed by atoms with van der Waals surface area (Å²) < 4.78 is 21.6. The number of halogens is 1. The van der Waals surface area contributed by atoms with Crippen LogP contribution in [-0.2, 0) is 6.54 Å². The number of nitrogen functional groups attached to an aromatic ring is 1. The first-order chi connectivity index (χ1) is 12.8. The fourth-order valence-electron chi connectivity index (χ4n) is 3.05. The van der Waals surface area contributed by atoms with Crippen molar-refractivity contribution in [1.29, 1.82) is 0 Å². The zero-order valence-electron chi connectivity index (χ0n) is 14.5. The molecule has 1 aromatic heterocycles. The van der Waals surface area contributed by atoms with Gasteiger partial charge in [-0.05, 0) is 30.7 Å². The minimum atomic E-state index is -1.19. The van der Waals surface area contributed by atoms with Crippen LogP contribution < -0.4 is 16.2 Å². The summed E-state index contributed by atoms with van der Waals surface area (Å²) in [5, 5.41) is 11.6. The maximum absolute atomic E-state index is 14.4. The number of carbonyl (C=O) groups is 1. The summed E-state index contributed by atoms with van der Waals surface area (Å²) in [5.41, 5.74) is 10.2. The zero-order chi connectivity index (χ0) is 19.9. The Bertz CT molecular complexity index is 1090. The molecule has 9 nitrogen and oxygen atoms in total. The Morgan fingerprint density at radius 3 is 2.67 bits per heavy atom. The molecule has 0 fully saturated rings. The van der Waals surface area contributed by atoms with E-state index in [2.05, 4.69) is 4.98 Å². The van der Waals surface area contributed by atoms with Crippen molar-refractivity contribution in [3.63, 3.8) is 0 Å². The minimum absolute atomic E-state index is 0.105. The summed E-state index contributed by atoms with van der Waals surface area (Å²) in [4.78, 5) is 26.5. The number of nitro benzene ring substituents is 1. The van der Waals surface area contributed by atoms with Crippen molar-refractivity contribution < 1.29 is 18.8 Å². The maximum Gasteiger partial charge on any atom is 0.300 e. The third kappa shape index (κ3) is 2.80. The number of amides is 1. The van der Waals surface area contributed by atoms with Crippen LogP contribution in [0.2, 0.25) is 0 Å². The first kappa shape index (κ1) is 18.1. The third-order valence-corrected chi connectivity index (χ3v) is 4.27. The molecule has 0 saturated heterocycles. The van der Waals surface area contributed by atoms with Crippen LogP contribution in [0.1, 0.15) is 17.3 Å². The molecule has 0 radical (unpaired) electrons. The molecule has 0 aliphatic rings. The number of aromatic nitrogens is 2. The quantitative estimate of drug-likeness (QED) is 0.400. The summed E-state index contributed by atoms with van der Waals surface area (Å²) in [6.45, 7) is 2.57. The largest absolute Gasteiger partial charge is 0.494 e. The SMILES string of the molecule is CCn1cnc2cc(-c3cc(F)c(C(N)=O)c(N)c3[N+](=O)[O-])cc(OC)c21. The topological polar surface area (TPSA) is 139 Å². The highest BCUT2D eigenvalue weighted by Gasteiger charge is 2.29. The second-order valence-corrected chi connectivity index (χ2v) is 5.74. The van der Waals surface area contributed by atoms with Crippen LogP contribution in [0.25, 0.3) is 22.2 Å². The van der Waals surface area contributed by atoms with Crippen molar-refractivity contribution >= 4 is 28.3 Å². The monoisotopic (exact) mass is 373 g/mol. The molecule has 140 valence electrons. The fourth-order valence-corrected chi connectivity index (χ4v) is 3.05. The Hall–Kier alpha value is -3.69. The molecule has 3 aromatic rings. The van der Waals surface area contributed by atoms with E-state index < -0.39 is 33.6 Å². The highest BCUT2D eigenvalue weighted by molar-refractivity contribution is 6.03. The number of methoxy groups -OCH3 is 1. The van der Waals surface area contributed by atoms with E-state index in [1.165, 1.54) is 13.2 Å². The number of carbonyl (C=O) groups excluding carboxylic acids is 1. The molecule has 0 atom stereocenters. The molecule has 1 heterocycles. The van der Waals surface area contributed by atoms with Gasteiger partial charge in [-0.3, -0.25) is 14.9 Å². The van der Waals surface area contributed by atoms with Crippen LogP contribution >= 0.6 is 0 Å². The van der Waals surface area contributed by atoms with E-state index in [-0.39, 0.29) is 11.1 Å². The number of nitro groups is 1. The number of imidazole rings is 1. The summed E-state index contributed by atoms with van der Waals surface area (Å²) in [6, 6.07) is 3.96.